The summed E-state index contributed by atoms with van der Waals surface area (Å²) < 4.78 is 0. The SMILES string of the molecule is C=C(c1ccc(/C(N)=C/C(=C\NC)C(/C=C\C)=C/CC(C)(C)C)c(C)c1)N1CCC(C)CC1. The lowest BCUT2D eigenvalue weighted by molar-refractivity contribution is 0.268. The molecule has 0 saturated carbocycles. The molecule has 180 valence electrons. The molecule has 1 fully saturated rings. The molecule has 3 N–H and O–H groups in total. The van der Waals surface area contributed by atoms with Gasteiger partial charge in [-0.25, -0.2) is 0 Å². The molecule has 0 unspecified atom stereocenters. The second kappa shape index (κ2) is 12.0. The summed E-state index contributed by atoms with van der Waals surface area (Å²) in [6, 6.07) is 6.52. The minimum absolute atomic E-state index is 0.230. The van der Waals surface area contributed by atoms with Gasteiger partial charge in [-0.3, -0.25) is 0 Å². The van der Waals surface area contributed by atoms with Crippen LogP contribution in [0.3, 0.4) is 0 Å². The van der Waals surface area contributed by atoms with Crippen LogP contribution in [0.15, 0.2) is 66.4 Å². The minimum atomic E-state index is 0.230. The molecule has 2 rings (SSSR count). The average Bonchev–Trinajstić information content (AvgIpc) is 2.75. The van der Waals surface area contributed by atoms with E-state index in [1.54, 1.807) is 0 Å². The van der Waals surface area contributed by atoms with Crippen LogP contribution in [0.2, 0.25) is 0 Å². The Kier molecular flexibility index (Phi) is 9.64. The zero-order valence-corrected chi connectivity index (χ0v) is 22.0. The standard InChI is InChI=1S/C30H45N3/c1-9-10-25(13-16-30(5,6)7)27(21-32-8)20-29(31)28-12-11-26(19-23(28)3)24(4)33-17-14-22(2)15-18-33/h9-13,19-22,32H,4,14-18,31H2,1-3,5-8H3/b10-9-,25-13+,27-21+,29-20-. The molecule has 0 aliphatic carbocycles. The molecule has 3 nitrogen and oxygen atoms in total. The largest absolute Gasteiger partial charge is 0.398 e. The monoisotopic (exact) mass is 447 g/mol. The zero-order chi connectivity index (χ0) is 24.6. The summed E-state index contributed by atoms with van der Waals surface area (Å²) in [5.41, 5.74) is 14.4. The number of aryl methyl sites for hydroxylation is 1. The molecule has 1 aromatic rings. The second-order valence-corrected chi connectivity index (χ2v) is 10.6. The van der Waals surface area contributed by atoms with Crippen molar-refractivity contribution in [3.8, 4) is 0 Å². The summed E-state index contributed by atoms with van der Waals surface area (Å²) in [7, 11) is 1.92. The molecular formula is C30H45N3. The Morgan fingerprint density at radius 2 is 1.88 bits per heavy atom. The van der Waals surface area contributed by atoms with Gasteiger partial charge >= 0.3 is 0 Å². The van der Waals surface area contributed by atoms with Crippen LogP contribution in [-0.4, -0.2) is 25.0 Å². The van der Waals surface area contributed by atoms with E-state index in [9.17, 15) is 0 Å². The first-order chi connectivity index (χ1) is 15.6. The molecule has 1 saturated heterocycles. The van der Waals surface area contributed by atoms with E-state index in [-0.39, 0.29) is 5.41 Å². The van der Waals surface area contributed by atoms with E-state index in [0.717, 1.165) is 48.0 Å². The van der Waals surface area contributed by atoms with Crippen LogP contribution in [0, 0.1) is 18.3 Å². The van der Waals surface area contributed by atoms with Crippen molar-refractivity contribution in [2.24, 2.45) is 17.1 Å². The Hall–Kier alpha value is -2.68. The maximum absolute atomic E-state index is 6.64. The minimum Gasteiger partial charge on any atom is -0.398 e. The van der Waals surface area contributed by atoms with Crippen molar-refractivity contribution in [2.75, 3.05) is 20.1 Å². The van der Waals surface area contributed by atoms with E-state index in [1.807, 2.05) is 20.2 Å². The molecule has 3 heteroatoms. The summed E-state index contributed by atoms with van der Waals surface area (Å²) >= 11 is 0. The predicted octanol–water partition coefficient (Wildman–Crippen LogP) is 7.04. The lowest BCUT2D eigenvalue weighted by Gasteiger charge is -2.33. The van der Waals surface area contributed by atoms with Crippen LogP contribution in [0.1, 0.15) is 70.6 Å². The number of rotatable bonds is 8. The van der Waals surface area contributed by atoms with Gasteiger partial charge in [-0.1, -0.05) is 64.6 Å². The number of nitrogens with zero attached hydrogens (tertiary/aromatic N) is 1. The number of likely N-dealkylation sites (tertiary alicyclic amines) is 1. The van der Waals surface area contributed by atoms with Gasteiger partial charge in [0.2, 0.25) is 0 Å². The molecule has 0 radical (unpaired) electrons. The Bertz CT molecular complexity index is 930. The lowest BCUT2D eigenvalue weighted by Crippen LogP contribution is -2.31. The summed E-state index contributed by atoms with van der Waals surface area (Å²) in [6.45, 7) is 19.9. The van der Waals surface area contributed by atoms with Gasteiger partial charge in [-0.2, -0.15) is 0 Å². The van der Waals surface area contributed by atoms with Gasteiger partial charge < -0.3 is 16.0 Å². The average molecular weight is 448 g/mol. The highest BCUT2D eigenvalue weighted by Crippen LogP contribution is 2.28. The van der Waals surface area contributed by atoms with Gasteiger partial charge in [-0.15, -0.1) is 0 Å². The predicted molar refractivity (Wildman–Crippen MR) is 146 cm³/mol. The first-order valence-electron chi connectivity index (χ1n) is 12.3. The fourth-order valence-corrected chi connectivity index (χ4v) is 4.12. The first kappa shape index (κ1) is 26.6. The van der Waals surface area contributed by atoms with E-state index in [2.05, 4.69) is 93.9 Å². The zero-order valence-electron chi connectivity index (χ0n) is 22.0. The molecule has 33 heavy (non-hydrogen) atoms. The summed E-state index contributed by atoms with van der Waals surface area (Å²) in [6.07, 6.45) is 14.1. The number of hydrogen-bond acceptors (Lipinski definition) is 3. The molecule has 0 aromatic heterocycles. The van der Waals surface area contributed by atoms with E-state index in [4.69, 9.17) is 5.73 Å². The Balaban J connectivity index is 2.31. The van der Waals surface area contributed by atoms with Gasteiger partial charge in [0, 0.05) is 43.3 Å². The maximum atomic E-state index is 6.64. The van der Waals surface area contributed by atoms with Crippen LogP contribution in [-0.2, 0) is 0 Å². The van der Waals surface area contributed by atoms with Crippen LogP contribution in [0.25, 0.3) is 11.4 Å². The van der Waals surface area contributed by atoms with Crippen LogP contribution < -0.4 is 11.1 Å². The van der Waals surface area contributed by atoms with E-state index >= 15 is 0 Å². The fraction of sp³-hybridized carbons (Fsp3) is 0.467. The Morgan fingerprint density at radius 3 is 2.42 bits per heavy atom. The van der Waals surface area contributed by atoms with Crippen LogP contribution in [0.5, 0.6) is 0 Å². The van der Waals surface area contributed by atoms with E-state index in [1.165, 1.54) is 29.5 Å². The summed E-state index contributed by atoms with van der Waals surface area (Å²) in [5, 5.41) is 3.18. The third-order valence-corrected chi connectivity index (χ3v) is 6.26. The number of nitrogens with two attached hydrogens (primary N) is 1. The number of nitrogens with one attached hydrogen (secondary N) is 1. The van der Waals surface area contributed by atoms with Crippen molar-refractivity contribution in [1.82, 2.24) is 10.2 Å². The second-order valence-electron chi connectivity index (χ2n) is 10.6. The number of allylic oxidation sites excluding steroid dienone is 6. The quantitative estimate of drug-likeness (QED) is 0.420. The van der Waals surface area contributed by atoms with E-state index in [0.29, 0.717) is 0 Å². The number of benzene rings is 1. The van der Waals surface area contributed by atoms with Gasteiger partial charge in [-0.05, 0) is 78.9 Å². The fourth-order valence-electron chi connectivity index (χ4n) is 4.12. The van der Waals surface area contributed by atoms with Gasteiger partial charge in [0.15, 0.2) is 0 Å². The van der Waals surface area contributed by atoms with Crippen molar-refractivity contribution in [3.05, 3.63) is 83.1 Å². The summed E-state index contributed by atoms with van der Waals surface area (Å²) in [5.74, 6) is 0.813. The smallest absolute Gasteiger partial charge is 0.0397 e. The highest BCUT2D eigenvalue weighted by atomic mass is 15.1. The Labute approximate surface area is 202 Å². The number of piperidine rings is 1. The third-order valence-electron chi connectivity index (χ3n) is 6.26. The van der Waals surface area contributed by atoms with Crippen molar-refractivity contribution in [1.29, 1.82) is 0 Å². The molecule has 1 aliphatic heterocycles. The Morgan fingerprint density at radius 1 is 1.21 bits per heavy atom. The summed E-state index contributed by atoms with van der Waals surface area (Å²) in [4.78, 5) is 2.42. The highest BCUT2D eigenvalue weighted by Gasteiger charge is 2.18. The van der Waals surface area contributed by atoms with Crippen molar-refractivity contribution < 1.29 is 0 Å². The molecule has 1 heterocycles. The van der Waals surface area contributed by atoms with Gasteiger partial charge in [0.1, 0.15) is 0 Å². The molecule has 0 spiro atoms. The molecule has 0 bridgehead atoms. The molecule has 0 atom stereocenters. The topological polar surface area (TPSA) is 41.3 Å². The maximum Gasteiger partial charge on any atom is 0.0397 e. The molecule has 1 aromatic carbocycles. The molecule has 1 aliphatic rings. The van der Waals surface area contributed by atoms with Crippen molar-refractivity contribution >= 4 is 11.4 Å². The lowest BCUT2D eigenvalue weighted by atomic mass is 9.89. The first-order valence-corrected chi connectivity index (χ1v) is 12.3. The van der Waals surface area contributed by atoms with Gasteiger partial charge in [0.05, 0.1) is 0 Å². The highest BCUT2D eigenvalue weighted by molar-refractivity contribution is 5.73. The van der Waals surface area contributed by atoms with Crippen molar-refractivity contribution in [3.63, 3.8) is 0 Å². The van der Waals surface area contributed by atoms with Crippen molar-refractivity contribution in [2.45, 2.75) is 60.8 Å². The molecule has 0 amide bonds. The van der Waals surface area contributed by atoms with Crippen LogP contribution >= 0.6 is 0 Å². The normalized spacial score (nSPS) is 17.1. The van der Waals surface area contributed by atoms with Crippen LogP contribution in [0.4, 0.5) is 0 Å². The number of hydrogen-bond donors (Lipinski definition) is 2. The van der Waals surface area contributed by atoms with E-state index < -0.39 is 0 Å². The van der Waals surface area contributed by atoms with Gasteiger partial charge in [0.25, 0.3) is 0 Å². The molecular weight excluding hydrogens is 402 g/mol. The third kappa shape index (κ3) is 7.99.